The Morgan fingerprint density at radius 3 is 3.11 bits per heavy atom. The highest BCUT2D eigenvalue weighted by Gasteiger charge is 2.27. The number of anilines is 1. The first kappa shape index (κ1) is 12.0. The van der Waals surface area contributed by atoms with Gasteiger partial charge >= 0.3 is 0 Å². The van der Waals surface area contributed by atoms with Crippen molar-refractivity contribution in [1.82, 2.24) is 5.32 Å². The summed E-state index contributed by atoms with van der Waals surface area (Å²) >= 11 is 0. The normalized spacial score (nSPS) is 20.1. The third kappa shape index (κ3) is 2.86. The quantitative estimate of drug-likeness (QED) is 0.831. The molecule has 1 heterocycles. The summed E-state index contributed by atoms with van der Waals surface area (Å²) in [6.07, 6.45) is 5.40. The van der Waals surface area contributed by atoms with Crippen molar-refractivity contribution in [3.05, 3.63) is 29.3 Å². The van der Waals surface area contributed by atoms with E-state index in [9.17, 15) is 0 Å². The first-order valence-electron chi connectivity index (χ1n) is 7.39. The van der Waals surface area contributed by atoms with Gasteiger partial charge < -0.3 is 10.6 Å². The van der Waals surface area contributed by atoms with E-state index in [4.69, 9.17) is 0 Å². The number of benzene rings is 1. The van der Waals surface area contributed by atoms with Gasteiger partial charge in [0.25, 0.3) is 0 Å². The van der Waals surface area contributed by atoms with E-state index in [1.54, 1.807) is 0 Å². The maximum atomic E-state index is 3.61. The van der Waals surface area contributed by atoms with Gasteiger partial charge in [0.15, 0.2) is 0 Å². The molecule has 1 unspecified atom stereocenters. The van der Waals surface area contributed by atoms with Crippen molar-refractivity contribution in [2.75, 3.05) is 18.4 Å². The number of rotatable bonds is 5. The zero-order valence-corrected chi connectivity index (χ0v) is 11.3. The molecular weight excluding hydrogens is 220 g/mol. The van der Waals surface area contributed by atoms with Crippen molar-refractivity contribution in [2.24, 2.45) is 11.8 Å². The summed E-state index contributed by atoms with van der Waals surface area (Å²) in [4.78, 5) is 0. The topological polar surface area (TPSA) is 24.1 Å². The molecule has 1 aliphatic heterocycles. The first-order chi connectivity index (χ1) is 8.83. The van der Waals surface area contributed by atoms with Crippen LogP contribution in [-0.4, -0.2) is 13.1 Å². The molecule has 1 saturated carbocycles. The van der Waals surface area contributed by atoms with E-state index < -0.39 is 0 Å². The van der Waals surface area contributed by atoms with E-state index in [0.29, 0.717) is 0 Å². The third-order valence-corrected chi connectivity index (χ3v) is 4.33. The fourth-order valence-corrected chi connectivity index (χ4v) is 2.91. The lowest BCUT2D eigenvalue weighted by atomic mass is 10.0. The second-order valence-electron chi connectivity index (χ2n) is 5.97. The molecule has 98 valence electrons. The lowest BCUT2D eigenvalue weighted by molar-refractivity contribution is 0.461. The highest BCUT2D eigenvalue weighted by molar-refractivity contribution is 5.54. The molecule has 0 radical (unpaired) electrons. The molecule has 1 aromatic carbocycles. The van der Waals surface area contributed by atoms with Gasteiger partial charge in [0, 0.05) is 18.8 Å². The molecule has 2 aliphatic rings. The molecule has 3 rings (SSSR count). The van der Waals surface area contributed by atoms with Crippen molar-refractivity contribution in [3.63, 3.8) is 0 Å². The summed E-state index contributed by atoms with van der Waals surface area (Å²) in [5, 5.41) is 7.08. The first-order valence-corrected chi connectivity index (χ1v) is 7.39. The van der Waals surface area contributed by atoms with Gasteiger partial charge in [-0.2, -0.15) is 0 Å². The Morgan fingerprint density at radius 1 is 1.39 bits per heavy atom. The third-order valence-electron chi connectivity index (χ3n) is 4.33. The average Bonchev–Trinajstić information content (AvgIpc) is 3.23. The van der Waals surface area contributed by atoms with Gasteiger partial charge in [-0.1, -0.05) is 19.1 Å². The summed E-state index contributed by atoms with van der Waals surface area (Å²) in [7, 11) is 0. The van der Waals surface area contributed by atoms with E-state index in [0.717, 1.165) is 24.9 Å². The molecule has 0 bridgehead atoms. The van der Waals surface area contributed by atoms with Crippen LogP contribution in [0.3, 0.4) is 0 Å². The van der Waals surface area contributed by atoms with Crippen LogP contribution in [0.25, 0.3) is 0 Å². The average molecular weight is 244 g/mol. The SMILES string of the molecule is CC(CNCc1ccc2c(c1)CCCN2)C1CC1. The minimum absolute atomic E-state index is 0.851. The molecule has 1 aliphatic carbocycles. The van der Waals surface area contributed by atoms with Crippen LogP contribution in [0.15, 0.2) is 18.2 Å². The minimum Gasteiger partial charge on any atom is -0.385 e. The molecule has 0 saturated heterocycles. The van der Waals surface area contributed by atoms with Gasteiger partial charge in [-0.15, -0.1) is 0 Å². The largest absolute Gasteiger partial charge is 0.385 e. The lowest BCUT2D eigenvalue weighted by Gasteiger charge is -2.19. The number of nitrogens with one attached hydrogen (secondary N) is 2. The Labute approximate surface area is 110 Å². The van der Waals surface area contributed by atoms with Crippen LogP contribution in [0.1, 0.15) is 37.3 Å². The number of hydrogen-bond donors (Lipinski definition) is 2. The number of fused-ring (bicyclic) bond motifs is 1. The van der Waals surface area contributed by atoms with Crippen molar-refractivity contribution in [2.45, 2.75) is 39.2 Å². The fraction of sp³-hybridized carbons (Fsp3) is 0.625. The van der Waals surface area contributed by atoms with Crippen LogP contribution in [0.4, 0.5) is 5.69 Å². The maximum Gasteiger partial charge on any atom is 0.0372 e. The van der Waals surface area contributed by atoms with Crippen molar-refractivity contribution in [1.29, 1.82) is 0 Å². The molecule has 1 fully saturated rings. The van der Waals surface area contributed by atoms with E-state index in [2.05, 4.69) is 35.8 Å². The van der Waals surface area contributed by atoms with Crippen LogP contribution in [0.2, 0.25) is 0 Å². The predicted molar refractivity (Wildman–Crippen MR) is 76.8 cm³/mol. The van der Waals surface area contributed by atoms with Crippen LogP contribution in [0, 0.1) is 11.8 Å². The molecular formula is C16H24N2. The molecule has 0 aromatic heterocycles. The van der Waals surface area contributed by atoms with Gasteiger partial charge in [0.1, 0.15) is 0 Å². The van der Waals surface area contributed by atoms with Crippen molar-refractivity contribution in [3.8, 4) is 0 Å². The highest BCUT2D eigenvalue weighted by atomic mass is 14.9. The van der Waals surface area contributed by atoms with E-state index in [1.807, 2.05) is 0 Å². The van der Waals surface area contributed by atoms with Gasteiger partial charge in [0.05, 0.1) is 0 Å². The maximum absolute atomic E-state index is 3.61. The second-order valence-corrected chi connectivity index (χ2v) is 5.97. The Balaban J connectivity index is 1.52. The molecule has 1 aromatic rings. The minimum atomic E-state index is 0.851. The van der Waals surface area contributed by atoms with E-state index in [-0.39, 0.29) is 0 Å². The molecule has 1 atom stereocenters. The lowest BCUT2D eigenvalue weighted by Crippen LogP contribution is -2.22. The van der Waals surface area contributed by atoms with Crippen LogP contribution >= 0.6 is 0 Å². The standard InChI is InChI=1S/C16H24N2/c1-12(14-5-6-14)10-17-11-13-4-7-16-15(9-13)3-2-8-18-16/h4,7,9,12,14,17-18H,2-3,5-6,8,10-11H2,1H3. The second kappa shape index (κ2) is 5.31. The van der Waals surface area contributed by atoms with Crippen LogP contribution in [0.5, 0.6) is 0 Å². The Bertz CT molecular complexity index is 410. The van der Waals surface area contributed by atoms with Gasteiger partial charge in [-0.05, 0) is 61.3 Å². The van der Waals surface area contributed by atoms with Crippen LogP contribution in [-0.2, 0) is 13.0 Å². The van der Waals surface area contributed by atoms with E-state index in [1.165, 1.54) is 49.0 Å². The van der Waals surface area contributed by atoms with E-state index >= 15 is 0 Å². The summed E-state index contributed by atoms with van der Waals surface area (Å²) in [6, 6.07) is 6.87. The Morgan fingerprint density at radius 2 is 2.28 bits per heavy atom. The monoisotopic (exact) mass is 244 g/mol. The summed E-state index contributed by atoms with van der Waals surface area (Å²) in [5.74, 6) is 1.86. The molecule has 18 heavy (non-hydrogen) atoms. The molecule has 2 N–H and O–H groups in total. The summed E-state index contributed by atoms with van der Waals surface area (Å²) < 4.78 is 0. The zero-order chi connectivity index (χ0) is 12.4. The zero-order valence-electron chi connectivity index (χ0n) is 11.3. The van der Waals surface area contributed by atoms with Crippen LogP contribution < -0.4 is 10.6 Å². The molecule has 0 spiro atoms. The highest BCUT2D eigenvalue weighted by Crippen LogP contribution is 2.36. The summed E-state index contributed by atoms with van der Waals surface area (Å²) in [6.45, 7) is 5.69. The Hall–Kier alpha value is -1.02. The van der Waals surface area contributed by atoms with Crippen molar-refractivity contribution < 1.29 is 0 Å². The van der Waals surface area contributed by atoms with Crippen molar-refractivity contribution >= 4 is 5.69 Å². The van der Waals surface area contributed by atoms with Gasteiger partial charge in [0.2, 0.25) is 0 Å². The number of aryl methyl sites for hydroxylation is 1. The number of hydrogen-bond acceptors (Lipinski definition) is 2. The van der Waals surface area contributed by atoms with Gasteiger partial charge in [-0.25, -0.2) is 0 Å². The smallest absolute Gasteiger partial charge is 0.0372 e. The Kier molecular flexibility index (Phi) is 3.55. The molecule has 2 nitrogen and oxygen atoms in total. The van der Waals surface area contributed by atoms with Gasteiger partial charge in [-0.3, -0.25) is 0 Å². The fourth-order valence-electron chi connectivity index (χ4n) is 2.91. The summed E-state index contributed by atoms with van der Waals surface area (Å²) in [5.41, 5.74) is 4.27. The molecule has 0 amide bonds. The predicted octanol–water partition coefficient (Wildman–Crippen LogP) is 3.18. The molecule has 2 heteroatoms.